The second-order valence-electron chi connectivity index (χ2n) is 4.30. The highest BCUT2D eigenvalue weighted by molar-refractivity contribution is 5.97. The van der Waals surface area contributed by atoms with E-state index in [-0.39, 0.29) is 5.69 Å². The number of alkyl halides is 3. The number of ketones is 1. The molecule has 1 N–H and O–H groups in total. The lowest BCUT2D eigenvalue weighted by Gasteiger charge is -2.03. The molecule has 0 spiro atoms. The number of aromatic nitrogens is 2. The van der Waals surface area contributed by atoms with Crippen LogP contribution in [-0.4, -0.2) is 21.7 Å². The van der Waals surface area contributed by atoms with Crippen LogP contribution in [0, 0.1) is 6.92 Å². The number of Topliss-reactive ketones (excluding diaryl/α,β-unsaturated/α-hetero) is 1. The lowest BCUT2D eigenvalue weighted by Crippen LogP contribution is -2.23. The summed E-state index contributed by atoms with van der Waals surface area (Å²) in [5, 5.41) is 2.61. The van der Waals surface area contributed by atoms with E-state index in [4.69, 9.17) is 0 Å². The maximum absolute atomic E-state index is 12.2. The minimum atomic E-state index is -4.63. The lowest BCUT2D eigenvalue weighted by molar-refractivity contribution is -0.125. The Hall–Kier alpha value is -2.31. The van der Waals surface area contributed by atoms with Crippen LogP contribution in [0.3, 0.4) is 0 Å². The van der Waals surface area contributed by atoms with Gasteiger partial charge in [0, 0.05) is 5.69 Å². The lowest BCUT2D eigenvalue weighted by atomic mass is 10.1. The van der Waals surface area contributed by atoms with E-state index in [2.05, 4.69) is 5.10 Å². The Morgan fingerprint density at radius 1 is 1.25 bits per heavy atom. The quantitative estimate of drug-likeness (QED) is 0.881. The molecule has 106 valence electrons. The van der Waals surface area contributed by atoms with Crippen LogP contribution in [0.1, 0.15) is 22.5 Å². The van der Waals surface area contributed by atoms with E-state index in [1.807, 2.05) is 0 Å². The molecule has 0 atom stereocenters. The van der Waals surface area contributed by atoms with Crippen LogP contribution in [0.2, 0.25) is 0 Å². The molecular formula is C13H11F3N2O2. The number of hydrogen-bond acceptors (Lipinski definition) is 2. The van der Waals surface area contributed by atoms with Gasteiger partial charge in [0.2, 0.25) is 0 Å². The smallest absolute Gasteiger partial charge is 0.295 e. The number of nitrogens with one attached hydrogen (secondary N) is 1. The molecular weight excluding hydrogens is 273 g/mol. The Morgan fingerprint density at radius 2 is 1.85 bits per heavy atom. The van der Waals surface area contributed by atoms with Crippen molar-refractivity contribution in [2.45, 2.75) is 19.5 Å². The van der Waals surface area contributed by atoms with Crippen molar-refractivity contribution < 1.29 is 18.0 Å². The van der Waals surface area contributed by atoms with Gasteiger partial charge in [-0.1, -0.05) is 18.2 Å². The van der Waals surface area contributed by atoms with Gasteiger partial charge in [-0.2, -0.15) is 13.2 Å². The summed E-state index contributed by atoms with van der Waals surface area (Å²) in [5.41, 5.74) is -0.658. The second kappa shape index (κ2) is 4.99. The molecule has 0 amide bonds. The number of carbonyl (C=O) groups excluding carboxylic acids is 1. The van der Waals surface area contributed by atoms with Crippen LogP contribution in [0.5, 0.6) is 0 Å². The van der Waals surface area contributed by atoms with Gasteiger partial charge in [-0.3, -0.25) is 14.7 Å². The van der Waals surface area contributed by atoms with Crippen molar-refractivity contribution in [3.63, 3.8) is 0 Å². The van der Waals surface area contributed by atoms with Crippen molar-refractivity contribution in [3.8, 4) is 5.69 Å². The number of halogens is 3. The maximum Gasteiger partial charge on any atom is 0.396 e. The van der Waals surface area contributed by atoms with Gasteiger partial charge in [-0.15, -0.1) is 0 Å². The molecule has 20 heavy (non-hydrogen) atoms. The third kappa shape index (κ3) is 2.81. The number of benzene rings is 1. The Bertz CT molecular complexity index is 684. The van der Waals surface area contributed by atoms with Crippen molar-refractivity contribution in [3.05, 3.63) is 51.9 Å². The van der Waals surface area contributed by atoms with Gasteiger partial charge in [0.15, 0.2) is 5.78 Å². The molecule has 0 bridgehead atoms. The van der Waals surface area contributed by atoms with Crippen LogP contribution in [0.4, 0.5) is 13.2 Å². The van der Waals surface area contributed by atoms with E-state index in [0.29, 0.717) is 5.69 Å². The predicted octanol–water partition coefficient (Wildman–Crippen LogP) is 2.61. The molecule has 2 rings (SSSR count). The van der Waals surface area contributed by atoms with Crippen molar-refractivity contribution >= 4 is 5.78 Å². The average Bonchev–Trinajstić information content (AvgIpc) is 2.64. The third-order valence-corrected chi connectivity index (χ3v) is 2.73. The fourth-order valence-electron chi connectivity index (χ4n) is 1.90. The van der Waals surface area contributed by atoms with Crippen LogP contribution >= 0.6 is 0 Å². The monoisotopic (exact) mass is 284 g/mol. The number of carbonyl (C=O) groups is 1. The summed E-state index contributed by atoms with van der Waals surface area (Å²) in [6.07, 6.45) is -6.28. The Kier molecular flexibility index (Phi) is 3.52. The second-order valence-corrected chi connectivity index (χ2v) is 4.30. The first-order valence-corrected chi connectivity index (χ1v) is 5.76. The summed E-state index contributed by atoms with van der Waals surface area (Å²) in [6.45, 7) is 1.39. The van der Waals surface area contributed by atoms with E-state index in [1.165, 1.54) is 6.92 Å². The molecule has 4 nitrogen and oxygen atoms in total. The summed E-state index contributed by atoms with van der Waals surface area (Å²) in [7, 11) is 0. The van der Waals surface area contributed by atoms with Gasteiger partial charge >= 0.3 is 6.18 Å². The Labute approximate surface area is 111 Å². The number of para-hydroxylation sites is 1. The molecule has 0 aliphatic rings. The molecule has 0 radical (unpaired) electrons. The first kappa shape index (κ1) is 14.1. The predicted molar refractivity (Wildman–Crippen MR) is 66.1 cm³/mol. The van der Waals surface area contributed by atoms with E-state index in [0.717, 1.165) is 4.68 Å². The van der Waals surface area contributed by atoms with Gasteiger partial charge in [0.25, 0.3) is 5.56 Å². The van der Waals surface area contributed by atoms with Crippen LogP contribution < -0.4 is 5.56 Å². The van der Waals surface area contributed by atoms with Gasteiger partial charge in [0.05, 0.1) is 5.69 Å². The number of aromatic amines is 1. The molecule has 0 aliphatic carbocycles. The maximum atomic E-state index is 12.2. The number of hydrogen-bond donors (Lipinski definition) is 1. The van der Waals surface area contributed by atoms with Crippen LogP contribution in [-0.2, 0) is 0 Å². The van der Waals surface area contributed by atoms with E-state index in [1.54, 1.807) is 30.3 Å². The molecule has 1 aromatic heterocycles. The zero-order chi connectivity index (χ0) is 14.9. The molecule has 1 heterocycles. The van der Waals surface area contributed by atoms with Crippen LogP contribution in [0.25, 0.3) is 5.69 Å². The van der Waals surface area contributed by atoms with Crippen molar-refractivity contribution in [2.75, 3.05) is 0 Å². The zero-order valence-corrected chi connectivity index (χ0v) is 10.5. The highest BCUT2D eigenvalue weighted by Crippen LogP contribution is 2.22. The van der Waals surface area contributed by atoms with E-state index >= 15 is 0 Å². The van der Waals surface area contributed by atoms with Crippen molar-refractivity contribution in [2.24, 2.45) is 0 Å². The number of nitrogens with zero attached hydrogens (tertiary/aromatic N) is 1. The fraction of sp³-hybridized carbons (Fsp3) is 0.231. The van der Waals surface area contributed by atoms with Crippen molar-refractivity contribution in [1.82, 2.24) is 9.78 Å². The molecule has 0 unspecified atom stereocenters. The summed E-state index contributed by atoms with van der Waals surface area (Å²) in [6, 6.07) is 8.30. The summed E-state index contributed by atoms with van der Waals surface area (Å²) >= 11 is 0. The highest BCUT2D eigenvalue weighted by atomic mass is 19.4. The van der Waals surface area contributed by atoms with Gasteiger partial charge in [-0.05, 0) is 19.1 Å². The fourth-order valence-corrected chi connectivity index (χ4v) is 1.90. The Balaban J connectivity index is 2.45. The molecule has 0 fully saturated rings. The van der Waals surface area contributed by atoms with Gasteiger partial charge in [-0.25, -0.2) is 4.68 Å². The number of rotatable bonds is 3. The zero-order valence-electron chi connectivity index (χ0n) is 10.5. The summed E-state index contributed by atoms with van der Waals surface area (Å²) in [5.74, 6) is -1.23. The van der Waals surface area contributed by atoms with Crippen LogP contribution in [0.15, 0.2) is 35.1 Å². The molecule has 0 saturated carbocycles. The van der Waals surface area contributed by atoms with Gasteiger partial charge < -0.3 is 0 Å². The third-order valence-electron chi connectivity index (χ3n) is 2.73. The van der Waals surface area contributed by atoms with E-state index < -0.39 is 29.5 Å². The van der Waals surface area contributed by atoms with Crippen molar-refractivity contribution in [1.29, 1.82) is 0 Å². The number of H-pyrrole nitrogens is 1. The minimum Gasteiger partial charge on any atom is -0.295 e. The first-order chi connectivity index (χ1) is 9.29. The molecule has 0 saturated heterocycles. The topological polar surface area (TPSA) is 54.9 Å². The minimum absolute atomic E-state index is 0.119. The normalized spacial score (nSPS) is 11.6. The molecule has 1 aromatic carbocycles. The summed E-state index contributed by atoms with van der Waals surface area (Å²) < 4.78 is 37.8. The highest BCUT2D eigenvalue weighted by Gasteiger charge is 2.34. The Morgan fingerprint density at radius 3 is 2.40 bits per heavy atom. The largest absolute Gasteiger partial charge is 0.396 e. The molecule has 7 heteroatoms. The average molecular weight is 284 g/mol. The summed E-state index contributed by atoms with van der Waals surface area (Å²) in [4.78, 5) is 23.7. The standard InChI is InChI=1S/C13H11F3N2O2/c1-8-11(10(19)7-13(14,15)16)12(20)18(17-8)9-5-3-2-4-6-9/h2-6,17H,7H2,1H3. The van der Waals surface area contributed by atoms with E-state index in [9.17, 15) is 22.8 Å². The molecule has 2 aromatic rings. The first-order valence-electron chi connectivity index (χ1n) is 5.76. The molecule has 0 aliphatic heterocycles. The SMILES string of the molecule is Cc1[nH]n(-c2ccccc2)c(=O)c1C(=O)CC(F)(F)F. The van der Waals surface area contributed by atoms with Gasteiger partial charge in [0.1, 0.15) is 12.0 Å². The number of aryl methyl sites for hydroxylation is 1.